The van der Waals surface area contributed by atoms with Crippen molar-refractivity contribution < 1.29 is 4.39 Å². The van der Waals surface area contributed by atoms with Gasteiger partial charge in [-0.1, -0.05) is 6.07 Å². The lowest BCUT2D eigenvalue weighted by molar-refractivity contribution is 0.639. The molecule has 0 saturated carbocycles. The Bertz CT molecular complexity index is 358. The molecule has 0 amide bonds. The molecule has 56 valence electrons. The first-order valence-electron chi connectivity index (χ1n) is 3.28. The van der Waals surface area contributed by atoms with Crippen LogP contribution in [0.15, 0.2) is 18.3 Å². The zero-order valence-electron chi connectivity index (χ0n) is 5.97. The molecule has 0 radical (unpaired) electrons. The fourth-order valence-corrected chi connectivity index (χ4v) is 1.78. The zero-order chi connectivity index (χ0) is 7.84. The Balaban J connectivity index is 2.96. The van der Waals surface area contributed by atoms with Crippen LogP contribution in [-0.4, -0.2) is 4.37 Å². The highest BCUT2D eigenvalue weighted by molar-refractivity contribution is 7.13. The summed E-state index contributed by atoms with van der Waals surface area (Å²) in [5.41, 5.74) is 1.09. The van der Waals surface area contributed by atoms with Crippen molar-refractivity contribution in [1.29, 1.82) is 0 Å². The number of rotatable bonds is 0. The molecule has 1 aromatic carbocycles. The van der Waals surface area contributed by atoms with E-state index in [-0.39, 0.29) is 5.82 Å². The quantitative estimate of drug-likeness (QED) is 0.588. The lowest BCUT2D eigenvalue weighted by Crippen LogP contribution is -1.76. The van der Waals surface area contributed by atoms with Crippen molar-refractivity contribution in [3.05, 3.63) is 29.7 Å². The fraction of sp³-hybridized carbons (Fsp3) is 0.125. The molecule has 2 aromatic rings. The fourth-order valence-electron chi connectivity index (χ4n) is 1.06. The first-order chi connectivity index (χ1) is 5.29. The number of aryl methyl sites for hydroxylation is 1. The number of fused-ring (bicyclic) bond motifs is 1. The Labute approximate surface area is 67.6 Å². The Morgan fingerprint density at radius 3 is 3.00 bits per heavy atom. The molecule has 1 aromatic heterocycles. The smallest absolute Gasteiger partial charge is 0.133 e. The van der Waals surface area contributed by atoms with Crippen LogP contribution in [0.5, 0.6) is 0 Å². The van der Waals surface area contributed by atoms with Crippen LogP contribution in [0, 0.1) is 12.7 Å². The number of halogens is 1. The Morgan fingerprint density at radius 2 is 2.27 bits per heavy atom. The van der Waals surface area contributed by atoms with Gasteiger partial charge in [0, 0.05) is 5.39 Å². The summed E-state index contributed by atoms with van der Waals surface area (Å²) in [6.07, 6.45) is 1.57. The molecule has 0 saturated heterocycles. The van der Waals surface area contributed by atoms with E-state index in [1.807, 2.05) is 6.92 Å². The highest BCUT2D eigenvalue weighted by Crippen LogP contribution is 2.24. The first kappa shape index (κ1) is 6.73. The summed E-state index contributed by atoms with van der Waals surface area (Å²) in [6, 6.07) is 3.25. The van der Waals surface area contributed by atoms with Gasteiger partial charge in [-0.15, -0.1) is 0 Å². The minimum absolute atomic E-state index is 0.181. The van der Waals surface area contributed by atoms with Gasteiger partial charge in [-0.2, -0.15) is 4.37 Å². The summed E-state index contributed by atoms with van der Waals surface area (Å²) in [5.74, 6) is -0.181. The topological polar surface area (TPSA) is 12.9 Å². The van der Waals surface area contributed by atoms with Gasteiger partial charge < -0.3 is 0 Å². The maximum Gasteiger partial charge on any atom is 0.133 e. The van der Waals surface area contributed by atoms with Crippen molar-refractivity contribution in [2.75, 3.05) is 0 Å². The molecule has 0 unspecified atom stereocenters. The molecule has 3 heteroatoms. The van der Waals surface area contributed by atoms with Crippen molar-refractivity contribution in [1.82, 2.24) is 4.37 Å². The second-order valence-electron chi connectivity index (χ2n) is 2.43. The van der Waals surface area contributed by atoms with Gasteiger partial charge in [-0.05, 0) is 30.1 Å². The lowest BCUT2D eigenvalue weighted by Gasteiger charge is -1.93. The maximum absolute atomic E-state index is 13.0. The zero-order valence-corrected chi connectivity index (χ0v) is 6.78. The third kappa shape index (κ3) is 0.922. The average Bonchev–Trinajstić information content (AvgIpc) is 2.45. The highest BCUT2D eigenvalue weighted by atomic mass is 32.1. The SMILES string of the molecule is Cc1ccc(F)c2cnsc12. The minimum atomic E-state index is -0.181. The predicted octanol–water partition coefficient (Wildman–Crippen LogP) is 2.74. The molecule has 0 spiro atoms. The summed E-state index contributed by atoms with van der Waals surface area (Å²) in [5, 5.41) is 0.634. The number of benzene rings is 1. The van der Waals surface area contributed by atoms with Crippen LogP contribution in [0.4, 0.5) is 4.39 Å². The summed E-state index contributed by atoms with van der Waals surface area (Å²) >= 11 is 1.34. The minimum Gasteiger partial charge on any atom is -0.206 e. The third-order valence-corrected chi connectivity index (χ3v) is 2.60. The summed E-state index contributed by atoms with van der Waals surface area (Å²) in [7, 11) is 0. The number of hydrogen-bond donors (Lipinski definition) is 0. The molecule has 0 bridgehead atoms. The van der Waals surface area contributed by atoms with Crippen LogP contribution in [0.3, 0.4) is 0 Å². The predicted molar refractivity (Wildman–Crippen MR) is 44.3 cm³/mol. The van der Waals surface area contributed by atoms with Crippen molar-refractivity contribution in [3.8, 4) is 0 Å². The molecule has 0 aliphatic carbocycles. The van der Waals surface area contributed by atoms with Crippen molar-refractivity contribution >= 4 is 21.6 Å². The van der Waals surface area contributed by atoms with Gasteiger partial charge in [-0.25, -0.2) is 4.39 Å². The first-order valence-corrected chi connectivity index (χ1v) is 4.06. The van der Waals surface area contributed by atoms with Crippen LogP contribution < -0.4 is 0 Å². The molecular formula is C8H6FNS. The van der Waals surface area contributed by atoms with Crippen LogP contribution in [0.25, 0.3) is 10.1 Å². The van der Waals surface area contributed by atoms with Crippen molar-refractivity contribution in [2.24, 2.45) is 0 Å². The standard InChI is InChI=1S/C8H6FNS/c1-5-2-3-7(9)6-4-10-11-8(5)6/h2-4H,1H3. The Hall–Kier alpha value is -0.960. The van der Waals surface area contributed by atoms with Gasteiger partial charge in [0.25, 0.3) is 0 Å². The molecule has 0 N–H and O–H groups in total. The largest absolute Gasteiger partial charge is 0.206 e. The van der Waals surface area contributed by atoms with Gasteiger partial charge in [0.05, 0.1) is 10.9 Å². The van der Waals surface area contributed by atoms with E-state index in [2.05, 4.69) is 4.37 Å². The van der Waals surface area contributed by atoms with Gasteiger partial charge in [0.1, 0.15) is 5.82 Å². The van der Waals surface area contributed by atoms with Crippen LogP contribution in [0.2, 0.25) is 0 Å². The highest BCUT2D eigenvalue weighted by Gasteiger charge is 2.03. The molecule has 0 aliphatic rings. The number of nitrogens with zero attached hydrogens (tertiary/aromatic N) is 1. The van der Waals surface area contributed by atoms with Crippen molar-refractivity contribution in [2.45, 2.75) is 6.92 Å². The summed E-state index contributed by atoms with van der Waals surface area (Å²) in [4.78, 5) is 0. The van der Waals surface area contributed by atoms with E-state index >= 15 is 0 Å². The normalized spacial score (nSPS) is 10.7. The molecule has 2 rings (SSSR count). The molecule has 0 fully saturated rings. The van der Waals surface area contributed by atoms with Crippen LogP contribution in [0.1, 0.15) is 5.56 Å². The average molecular weight is 167 g/mol. The van der Waals surface area contributed by atoms with E-state index in [1.54, 1.807) is 12.3 Å². The van der Waals surface area contributed by atoms with E-state index in [4.69, 9.17) is 0 Å². The number of aromatic nitrogens is 1. The van der Waals surface area contributed by atoms with Crippen LogP contribution >= 0.6 is 11.5 Å². The number of hydrogen-bond acceptors (Lipinski definition) is 2. The maximum atomic E-state index is 13.0. The second-order valence-corrected chi connectivity index (χ2v) is 3.23. The molecule has 1 nitrogen and oxygen atoms in total. The van der Waals surface area contributed by atoms with E-state index in [0.29, 0.717) is 5.39 Å². The molecule has 0 atom stereocenters. The molecule has 11 heavy (non-hydrogen) atoms. The molecule has 0 aliphatic heterocycles. The van der Waals surface area contributed by atoms with Gasteiger partial charge in [0.15, 0.2) is 0 Å². The lowest BCUT2D eigenvalue weighted by atomic mass is 10.2. The van der Waals surface area contributed by atoms with E-state index in [9.17, 15) is 4.39 Å². The monoisotopic (exact) mass is 167 g/mol. The Kier molecular flexibility index (Phi) is 1.39. The summed E-state index contributed by atoms with van der Waals surface area (Å²) in [6.45, 7) is 1.96. The van der Waals surface area contributed by atoms with E-state index in [0.717, 1.165) is 10.3 Å². The molecule has 1 heterocycles. The van der Waals surface area contributed by atoms with Crippen molar-refractivity contribution in [3.63, 3.8) is 0 Å². The Morgan fingerprint density at radius 1 is 1.45 bits per heavy atom. The van der Waals surface area contributed by atoms with Gasteiger partial charge in [0.2, 0.25) is 0 Å². The van der Waals surface area contributed by atoms with Crippen LogP contribution in [-0.2, 0) is 0 Å². The van der Waals surface area contributed by atoms with Gasteiger partial charge in [-0.3, -0.25) is 0 Å². The molecular weight excluding hydrogens is 161 g/mol. The van der Waals surface area contributed by atoms with Gasteiger partial charge >= 0.3 is 0 Å². The second kappa shape index (κ2) is 2.27. The van der Waals surface area contributed by atoms with E-state index < -0.39 is 0 Å². The third-order valence-electron chi connectivity index (χ3n) is 1.67. The summed E-state index contributed by atoms with van der Waals surface area (Å²) < 4.78 is 17.8. The van der Waals surface area contributed by atoms with E-state index in [1.165, 1.54) is 17.6 Å².